The summed E-state index contributed by atoms with van der Waals surface area (Å²) >= 11 is 10.3. The van der Waals surface area contributed by atoms with Crippen molar-refractivity contribution in [2.45, 2.75) is 16.4 Å². The van der Waals surface area contributed by atoms with Gasteiger partial charge in [-0.25, -0.2) is 14.8 Å². The van der Waals surface area contributed by atoms with Crippen molar-refractivity contribution >= 4 is 98.5 Å². The minimum Gasteiger partial charge on any atom is -0.477 e. The summed E-state index contributed by atoms with van der Waals surface area (Å²) in [6, 6.07) is -1.08. The number of hydrogen-bond acceptors (Lipinski definition) is 15. The lowest BCUT2D eigenvalue weighted by Crippen LogP contribution is -2.71. The van der Waals surface area contributed by atoms with Crippen LogP contribution in [-0.2, 0) is 14.4 Å². The number of nitrogens with zero attached hydrogens (tertiary/aromatic N) is 4. The second kappa shape index (κ2) is 10.7. The molecule has 196 valence electrons. The van der Waals surface area contributed by atoms with Gasteiger partial charge in [0.05, 0.1) is 0 Å². The van der Waals surface area contributed by atoms with E-state index >= 15 is 0 Å². The summed E-state index contributed by atoms with van der Waals surface area (Å²) in [6.07, 6.45) is 0. The molecule has 0 radical (unpaired) electrons. The van der Waals surface area contributed by atoms with Crippen LogP contribution in [0.15, 0.2) is 25.6 Å². The van der Waals surface area contributed by atoms with Crippen LogP contribution in [0.25, 0.3) is 0 Å². The summed E-state index contributed by atoms with van der Waals surface area (Å²) in [5.41, 5.74) is 15.2. The van der Waals surface area contributed by atoms with Gasteiger partial charge in [0.15, 0.2) is 10.8 Å². The average Bonchev–Trinajstić information content (AvgIpc) is 3.17. The molecule has 0 aromatic carbocycles. The van der Waals surface area contributed by atoms with Gasteiger partial charge in [-0.05, 0) is 0 Å². The van der Waals surface area contributed by atoms with Crippen molar-refractivity contribution in [1.82, 2.24) is 25.2 Å². The molecule has 15 nitrogen and oxygen atoms in total. The Bertz CT molecular complexity index is 1430. The first-order chi connectivity index (χ1) is 17.5. The fourth-order valence-electron chi connectivity index (χ4n) is 3.32. The number of halogens is 1. The van der Waals surface area contributed by atoms with Crippen LogP contribution in [0.4, 0.5) is 16.8 Å². The van der Waals surface area contributed by atoms with E-state index in [9.17, 15) is 29.5 Å². The van der Waals surface area contributed by atoms with E-state index in [-0.39, 0.29) is 48.4 Å². The summed E-state index contributed by atoms with van der Waals surface area (Å²) in [5, 5.41) is 24.2. The molecule has 0 spiro atoms. The minimum atomic E-state index is -1.32. The van der Waals surface area contributed by atoms with Crippen LogP contribution < -0.4 is 28.1 Å². The van der Waals surface area contributed by atoms with E-state index < -0.39 is 40.5 Å². The molecule has 2 aliphatic rings. The van der Waals surface area contributed by atoms with E-state index in [0.29, 0.717) is 4.91 Å². The largest absolute Gasteiger partial charge is 0.477 e. The lowest BCUT2D eigenvalue weighted by molar-refractivity contribution is -0.150. The van der Waals surface area contributed by atoms with Crippen molar-refractivity contribution in [2.75, 3.05) is 28.0 Å². The Hall–Kier alpha value is -3.13. The van der Waals surface area contributed by atoms with Crippen LogP contribution in [0.1, 0.15) is 5.69 Å². The first kappa shape index (κ1) is 26.9. The number of carbonyl (C=O) groups excluding carboxylic acids is 2. The molecule has 1 saturated heterocycles. The van der Waals surface area contributed by atoms with Crippen molar-refractivity contribution in [1.29, 1.82) is 0 Å². The number of carboxylic acids is 1. The molecule has 0 aliphatic carbocycles. The highest BCUT2D eigenvalue weighted by Crippen LogP contribution is 2.44. The predicted molar refractivity (Wildman–Crippen MR) is 142 cm³/mol. The number of H-pyrrole nitrogens is 1. The average molecular weight is 606 g/mol. The van der Waals surface area contributed by atoms with Gasteiger partial charge in [0.1, 0.15) is 37.9 Å². The number of thiazole rings is 1. The Morgan fingerprint density at radius 2 is 2.00 bits per heavy atom. The van der Waals surface area contributed by atoms with Gasteiger partial charge in [0.2, 0.25) is 5.95 Å². The number of anilines is 3. The third kappa shape index (κ3) is 5.17. The quantitative estimate of drug-likeness (QED) is 0.0397. The fraction of sp³-hybridized carbons (Fsp3) is 0.235. The van der Waals surface area contributed by atoms with Crippen molar-refractivity contribution < 1.29 is 24.7 Å². The molecule has 2 aliphatic heterocycles. The molecule has 2 aromatic heterocycles. The van der Waals surface area contributed by atoms with Crippen LogP contribution in [0.3, 0.4) is 0 Å². The highest BCUT2D eigenvalue weighted by atomic mass is 35.5. The van der Waals surface area contributed by atoms with Crippen LogP contribution in [0, 0.1) is 0 Å². The Balaban J connectivity index is 1.46. The summed E-state index contributed by atoms with van der Waals surface area (Å²) < 4.78 is 0.0180. The van der Waals surface area contributed by atoms with E-state index in [1.165, 1.54) is 11.8 Å². The van der Waals surface area contributed by atoms with Crippen LogP contribution in [-0.4, -0.2) is 75.9 Å². The highest BCUT2D eigenvalue weighted by Gasteiger charge is 2.54. The maximum absolute atomic E-state index is 12.9. The molecule has 4 rings (SSSR count). The SMILES string of the molecule is Nc1nc(SCSC2=C(C(=O)O)N3C(=O)C(NC(=O)/C(=N\O)c4nc(N)sc4Cl)C3SC2)c(N)c(=O)[nH]1. The lowest BCUT2D eigenvalue weighted by atomic mass is 10.0. The summed E-state index contributed by atoms with van der Waals surface area (Å²) in [5.74, 6) is -2.81. The van der Waals surface area contributed by atoms with Crippen molar-refractivity contribution in [3.8, 4) is 0 Å². The summed E-state index contributed by atoms with van der Waals surface area (Å²) in [7, 11) is 0. The number of nitrogens with one attached hydrogen (secondary N) is 2. The monoisotopic (exact) mass is 605 g/mol. The Morgan fingerprint density at radius 3 is 2.62 bits per heavy atom. The molecule has 4 heterocycles. The van der Waals surface area contributed by atoms with E-state index in [1.54, 1.807) is 0 Å². The fourth-order valence-corrected chi connectivity index (χ4v) is 7.96. The number of nitrogens with two attached hydrogens (primary N) is 3. The molecule has 20 heteroatoms. The number of carbonyl (C=O) groups is 3. The second-order valence-electron chi connectivity index (χ2n) is 7.14. The molecular formula is C17H16ClN9O6S4. The molecular weight excluding hydrogens is 590 g/mol. The van der Waals surface area contributed by atoms with Crippen LogP contribution in [0.2, 0.25) is 4.34 Å². The number of aromatic amines is 1. The number of β-lactam (4-membered cyclic amide) rings is 1. The maximum atomic E-state index is 12.9. The van der Waals surface area contributed by atoms with E-state index in [0.717, 1.165) is 39.8 Å². The number of nitrogen functional groups attached to an aromatic ring is 3. The molecule has 2 atom stereocenters. The van der Waals surface area contributed by atoms with Gasteiger partial charge in [-0.2, -0.15) is 0 Å². The predicted octanol–water partition coefficient (Wildman–Crippen LogP) is -0.0162. The molecule has 0 saturated carbocycles. The number of oxime groups is 1. The van der Waals surface area contributed by atoms with Gasteiger partial charge in [0, 0.05) is 15.7 Å². The normalized spacial score (nSPS) is 19.4. The van der Waals surface area contributed by atoms with Gasteiger partial charge in [-0.1, -0.05) is 39.9 Å². The van der Waals surface area contributed by atoms with Gasteiger partial charge in [-0.3, -0.25) is 24.3 Å². The summed E-state index contributed by atoms with van der Waals surface area (Å²) in [4.78, 5) is 60.9. The molecule has 0 bridgehead atoms. The van der Waals surface area contributed by atoms with Gasteiger partial charge >= 0.3 is 5.97 Å². The van der Waals surface area contributed by atoms with Gasteiger partial charge in [0.25, 0.3) is 17.4 Å². The van der Waals surface area contributed by atoms with Crippen LogP contribution in [0.5, 0.6) is 0 Å². The Morgan fingerprint density at radius 1 is 1.27 bits per heavy atom. The first-order valence-corrected chi connectivity index (χ1v) is 14.0. The zero-order valence-corrected chi connectivity index (χ0v) is 22.2. The molecule has 37 heavy (non-hydrogen) atoms. The number of rotatable bonds is 8. The number of aromatic nitrogens is 3. The number of hydrogen-bond donors (Lipinski definition) is 7. The molecule has 10 N–H and O–H groups in total. The Labute approximate surface area is 228 Å². The topological polar surface area (TPSA) is 256 Å². The van der Waals surface area contributed by atoms with E-state index in [1.807, 2.05) is 0 Å². The maximum Gasteiger partial charge on any atom is 0.353 e. The van der Waals surface area contributed by atoms with E-state index in [4.69, 9.17) is 28.8 Å². The molecule has 2 unspecified atom stereocenters. The first-order valence-electron chi connectivity index (χ1n) is 9.80. The number of fused-ring (bicyclic) bond motifs is 1. The van der Waals surface area contributed by atoms with Crippen LogP contribution >= 0.6 is 58.2 Å². The number of thioether (sulfide) groups is 3. The smallest absolute Gasteiger partial charge is 0.353 e. The third-order valence-corrected chi connectivity index (χ3v) is 9.69. The summed E-state index contributed by atoms with van der Waals surface area (Å²) in [6.45, 7) is 0. The van der Waals surface area contributed by atoms with Crippen molar-refractivity contribution in [3.05, 3.63) is 31.0 Å². The third-order valence-electron chi connectivity index (χ3n) is 4.93. The van der Waals surface area contributed by atoms with E-state index in [2.05, 4.69) is 25.4 Å². The van der Waals surface area contributed by atoms with Gasteiger partial charge < -0.3 is 32.8 Å². The zero-order chi connectivity index (χ0) is 27.0. The molecule has 2 aromatic rings. The van der Waals surface area contributed by atoms with Crippen molar-refractivity contribution in [3.63, 3.8) is 0 Å². The van der Waals surface area contributed by atoms with Crippen molar-refractivity contribution in [2.24, 2.45) is 5.16 Å². The minimum absolute atomic E-state index is 0.0180. The Kier molecular flexibility index (Phi) is 7.78. The molecule has 1 fully saturated rings. The van der Waals surface area contributed by atoms with Gasteiger partial charge in [-0.15, -0.1) is 23.5 Å². The highest BCUT2D eigenvalue weighted by molar-refractivity contribution is 8.18. The number of amides is 2. The zero-order valence-electron chi connectivity index (χ0n) is 18.1. The number of carboxylic acid groups (broad SMARTS) is 1. The molecule has 2 amide bonds. The second-order valence-corrected chi connectivity index (χ2v) is 12.3. The lowest BCUT2D eigenvalue weighted by Gasteiger charge is -2.49. The number of aliphatic carboxylic acids is 1. The standard InChI is InChI=1S/C17H16ClN9O6S4/c18-9-5(23-17(21)37-9)6(26-33)11(29)22-7-13(30)27-8(15(31)32)3(1-34-14(7)27)35-2-36-12-4(19)10(28)24-16(20)25-12/h7,14,33H,1-2,19H2,(H2,21,23)(H,22,29)(H,31,32)(H3,20,24,25,28)/b26-6-.